The molecule has 0 saturated carbocycles. The molecule has 23 heavy (non-hydrogen) atoms. The van der Waals surface area contributed by atoms with Crippen LogP contribution in [0, 0.1) is 6.92 Å². The fourth-order valence-electron chi connectivity index (χ4n) is 1.70. The number of furan rings is 1. The normalized spacial score (nSPS) is 11.6. The van der Waals surface area contributed by atoms with Crippen molar-refractivity contribution in [3.8, 4) is 0 Å². The number of hydrogen-bond acceptors (Lipinski definition) is 6. The van der Waals surface area contributed by atoms with Gasteiger partial charge in [-0.05, 0) is 47.1 Å². The van der Waals surface area contributed by atoms with Crippen molar-refractivity contribution in [1.82, 2.24) is 5.16 Å². The third kappa shape index (κ3) is 3.62. The van der Waals surface area contributed by atoms with Gasteiger partial charge in [0.25, 0.3) is 15.9 Å². The Morgan fingerprint density at radius 2 is 1.91 bits per heavy atom. The standard InChI is InChI=1S/C14H11BrN2O4S2/c1-9-13(15)14(21-16-9)17-23(18,19)12-8-7-11(20-12)22-10-5-3-2-4-6-10/h2-8,17H,1H3. The lowest BCUT2D eigenvalue weighted by Gasteiger charge is -2.02. The lowest BCUT2D eigenvalue weighted by atomic mass is 10.4. The van der Waals surface area contributed by atoms with Crippen molar-refractivity contribution in [2.45, 2.75) is 22.0 Å². The fraction of sp³-hybridized carbons (Fsp3) is 0.0714. The van der Waals surface area contributed by atoms with Crippen LogP contribution in [-0.4, -0.2) is 13.6 Å². The van der Waals surface area contributed by atoms with E-state index in [4.69, 9.17) is 8.94 Å². The maximum atomic E-state index is 12.3. The monoisotopic (exact) mass is 414 g/mol. The van der Waals surface area contributed by atoms with Crippen LogP contribution in [0.15, 0.2) is 71.0 Å². The molecule has 1 aromatic carbocycles. The van der Waals surface area contributed by atoms with Gasteiger partial charge < -0.3 is 8.94 Å². The Labute approximate surface area is 145 Å². The zero-order valence-corrected chi connectivity index (χ0v) is 15.0. The summed E-state index contributed by atoms with van der Waals surface area (Å²) in [5, 5.41) is 3.95. The van der Waals surface area contributed by atoms with Crippen molar-refractivity contribution < 1.29 is 17.4 Å². The number of nitrogens with zero attached hydrogens (tertiary/aromatic N) is 1. The first-order valence-electron chi connectivity index (χ1n) is 6.43. The van der Waals surface area contributed by atoms with Crippen molar-refractivity contribution in [1.29, 1.82) is 0 Å². The number of anilines is 1. The van der Waals surface area contributed by atoms with Gasteiger partial charge in [-0.25, -0.2) is 4.72 Å². The van der Waals surface area contributed by atoms with Crippen LogP contribution >= 0.6 is 27.7 Å². The summed E-state index contributed by atoms with van der Waals surface area (Å²) in [4.78, 5) is 0.951. The van der Waals surface area contributed by atoms with Gasteiger partial charge in [-0.3, -0.25) is 0 Å². The predicted molar refractivity (Wildman–Crippen MR) is 89.0 cm³/mol. The third-order valence-electron chi connectivity index (χ3n) is 2.80. The lowest BCUT2D eigenvalue weighted by molar-refractivity contribution is 0.382. The molecular formula is C14H11BrN2O4S2. The Morgan fingerprint density at radius 1 is 1.17 bits per heavy atom. The van der Waals surface area contributed by atoms with E-state index < -0.39 is 10.0 Å². The summed E-state index contributed by atoms with van der Waals surface area (Å²) in [6.45, 7) is 1.69. The summed E-state index contributed by atoms with van der Waals surface area (Å²) in [6, 6.07) is 12.5. The van der Waals surface area contributed by atoms with Gasteiger partial charge in [0.05, 0.1) is 5.69 Å². The highest BCUT2D eigenvalue weighted by Crippen LogP contribution is 2.32. The minimum atomic E-state index is -3.89. The Bertz CT molecular complexity index is 919. The number of aromatic nitrogens is 1. The molecular weight excluding hydrogens is 404 g/mol. The second-order valence-corrected chi connectivity index (χ2v) is 7.99. The van der Waals surface area contributed by atoms with E-state index in [-0.39, 0.29) is 11.0 Å². The molecule has 0 atom stereocenters. The summed E-state index contributed by atoms with van der Waals surface area (Å²) in [5.41, 5.74) is 0.544. The molecule has 0 unspecified atom stereocenters. The molecule has 0 fully saturated rings. The molecule has 3 aromatic rings. The minimum absolute atomic E-state index is 0.0103. The van der Waals surface area contributed by atoms with Crippen LogP contribution in [0.3, 0.4) is 0 Å². The second kappa shape index (κ2) is 6.42. The first-order chi connectivity index (χ1) is 11.0. The van der Waals surface area contributed by atoms with E-state index in [9.17, 15) is 8.42 Å². The van der Waals surface area contributed by atoms with Crippen molar-refractivity contribution in [2.75, 3.05) is 4.72 Å². The van der Waals surface area contributed by atoms with E-state index in [0.717, 1.165) is 4.90 Å². The molecule has 2 heterocycles. The average Bonchev–Trinajstić information content (AvgIpc) is 3.11. The van der Waals surface area contributed by atoms with Gasteiger partial charge in [-0.15, -0.1) is 0 Å². The van der Waals surface area contributed by atoms with E-state index >= 15 is 0 Å². The zero-order chi connectivity index (χ0) is 16.4. The Kier molecular flexibility index (Phi) is 4.51. The third-order valence-corrected chi connectivity index (χ3v) is 5.87. The Hall–Kier alpha value is -1.71. The number of hydrogen-bond donors (Lipinski definition) is 1. The molecule has 0 aliphatic rings. The highest BCUT2D eigenvalue weighted by Gasteiger charge is 2.23. The number of sulfonamides is 1. The van der Waals surface area contributed by atoms with Gasteiger partial charge >= 0.3 is 0 Å². The Morgan fingerprint density at radius 3 is 2.57 bits per heavy atom. The van der Waals surface area contributed by atoms with Crippen molar-refractivity contribution >= 4 is 43.6 Å². The molecule has 0 spiro atoms. The molecule has 6 nitrogen and oxygen atoms in total. The largest absolute Gasteiger partial charge is 0.436 e. The van der Waals surface area contributed by atoms with Gasteiger partial charge in [0.15, 0.2) is 5.09 Å². The minimum Gasteiger partial charge on any atom is -0.436 e. The first-order valence-corrected chi connectivity index (χ1v) is 9.52. The smallest absolute Gasteiger partial charge is 0.297 e. The van der Waals surface area contributed by atoms with Gasteiger partial charge in [-0.2, -0.15) is 8.42 Å². The molecule has 0 saturated heterocycles. The van der Waals surface area contributed by atoms with Crippen LogP contribution in [0.2, 0.25) is 0 Å². The van der Waals surface area contributed by atoms with Crippen LogP contribution in [-0.2, 0) is 10.0 Å². The van der Waals surface area contributed by atoms with Gasteiger partial charge in [0.1, 0.15) is 4.47 Å². The molecule has 9 heteroatoms. The second-order valence-electron chi connectivity index (χ2n) is 4.51. The van der Waals surface area contributed by atoms with Crippen LogP contribution in [0.5, 0.6) is 0 Å². The van der Waals surface area contributed by atoms with Gasteiger partial charge in [0.2, 0.25) is 5.09 Å². The quantitative estimate of drug-likeness (QED) is 0.669. The summed E-state index contributed by atoms with van der Waals surface area (Å²) >= 11 is 4.54. The number of halogens is 1. The fourth-order valence-corrected chi connectivity index (χ4v) is 3.85. The summed E-state index contributed by atoms with van der Waals surface area (Å²) in [7, 11) is -3.89. The average molecular weight is 415 g/mol. The van der Waals surface area contributed by atoms with Crippen molar-refractivity contribution in [3.63, 3.8) is 0 Å². The topological polar surface area (TPSA) is 85.3 Å². The van der Waals surface area contributed by atoms with E-state index in [0.29, 0.717) is 15.3 Å². The SMILES string of the molecule is Cc1noc(NS(=O)(=O)c2ccc(Sc3ccccc3)o2)c1Br. The molecule has 0 amide bonds. The number of nitrogens with one attached hydrogen (secondary N) is 1. The number of aryl methyl sites for hydroxylation is 1. The highest BCUT2D eigenvalue weighted by atomic mass is 79.9. The molecule has 0 aliphatic carbocycles. The van der Waals surface area contributed by atoms with Gasteiger partial charge in [0, 0.05) is 4.90 Å². The van der Waals surface area contributed by atoms with Crippen molar-refractivity contribution in [3.05, 3.63) is 52.6 Å². The molecule has 0 radical (unpaired) electrons. The summed E-state index contributed by atoms with van der Waals surface area (Å²) in [6.07, 6.45) is 0. The summed E-state index contributed by atoms with van der Waals surface area (Å²) in [5.74, 6) is 0.0103. The molecule has 3 rings (SSSR count). The van der Waals surface area contributed by atoms with Crippen LogP contribution in [0.1, 0.15) is 5.69 Å². The van der Waals surface area contributed by atoms with Gasteiger partial charge in [-0.1, -0.05) is 35.1 Å². The number of rotatable bonds is 5. The van der Waals surface area contributed by atoms with E-state index in [1.165, 1.54) is 17.8 Å². The van der Waals surface area contributed by atoms with Crippen LogP contribution in [0.25, 0.3) is 0 Å². The molecule has 0 aliphatic heterocycles. The molecule has 120 valence electrons. The molecule has 0 bridgehead atoms. The maximum absolute atomic E-state index is 12.3. The molecule has 1 N–H and O–H groups in total. The zero-order valence-electron chi connectivity index (χ0n) is 11.8. The molecule has 2 aromatic heterocycles. The number of benzene rings is 1. The van der Waals surface area contributed by atoms with Crippen LogP contribution in [0.4, 0.5) is 5.88 Å². The van der Waals surface area contributed by atoms with Crippen molar-refractivity contribution in [2.24, 2.45) is 0 Å². The highest BCUT2D eigenvalue weighted by molar-refractivity contribution is 9.10. The maximum Gasteiger partial charge on any atom is 0.297 e. The van der Waals surface area contributed by atoms with E-state index in [1.54, 1.807) is 13.0 Å². The lowest BCUT2D eigenvalue weighted by Crippen LogP contribution is -2.11. The van der Waals surface area contributed by atoms with E-state index in [1.807, 2.05) is 30.3 Å². The first kappa shape index (κ1) is 16.2. The summed E-state index contributed by atoms with van der Waals surface area (Å²) < 4.78 is 37.7. The van der Waals surface area contributed by atoms with E-state index in [2.05, 4.69) is 25.8 Å². The van der Waals surface area contributed by atoms with Crippen LogP contribution < -0.4 is 4.72 Å². The predicted octanol–water partition coefficient (Wildman–Crippen LogP) is 4.29. The Balaban J connectivity index is 1.80.